The van der Waals surface area contributed by atoms with Crippen LogP contribution in [-0.4, -0.2) is 68.4 Å². The van der Waals surface area contributed by atoms with Gasteiger partial charge in [0.25, 0.3) is 0 Å². The van der Waals surface area contributed by atoms with Crippen LogP contribution < -0.4 is 0 Å². The van der Waals surface area contributed by atoms with Gasteiger partial charge in [-0.05, 0) is 11.6 Å². The molecule has 2 saturated heterocycles. The SMILES string of the molecule is Clc1ccccc1CN1CCOC(CN2CCOCC2)C1. The van der Waals surface area contributed by atoms with Gasteiger partial charge in [0.15, 0.2) is 0 Å². The Labute approximate surface area is 131 Å². The molecule has 2 aliphatic heterocycles. The van der Waals surface area contributed by atoms with E-state index in [9.17, 15) is 0 Å². The molecule has 0 amide bonds. The van der Waals surface area contributed by atoms with Gasteiger partial charge in [-0.3, -0.25) is 9.80 Å². The summed E-state index contributed by atoms with van der Waals surface area (Å²) in [6.07, 6.45) is 0.291. The van der Waals surface area contributed by atoms with E-state index < -0.39 is 0 Å². The number of rotatable bonds is 4. The van der Waals surface area contributed by atoms with Crippen molar-refractivity contribution in [2.75, 3.05) is 52.5 Å². The highest BCUT2D eigenvalue weighted by Gasteiger charge is 2.24. The van der Waals surface area contributed by atoms with Gasteiger partial charge < -0.3 is 9.47 Å². The van der Waals surface area contributed by atoms with Crippen LogP contribution in [0.15, 0.2) is 24.3 Å². The minimum absolute atomic E-state index is 0.291. The largest absolute Gasteiger partial charge is 0.379 e. The molecule has 1 unspecified atom stereocenters. The van der Waals surface area contributed by atoms with E-state index in [0.29, 0.717) is 6.10 Å². The molecule has 0 radical (unpaired) electrons. The van der Waals surface area contributed by atoms with Crippen LogP contribution in [0.2, 0.25) is 5.02 Å². The molecule has 2 aliphatic rings. The molecule has 116 valence electrons. The Kier molecular flexibility index (Phi) is 5.49. The molecule has 0 spiro atoms. The topological polar surface area (TPSA) is 24.9 Å². The first-order valence-corrected chi connectivity index (χ1v) is 8.06. The maximum absolute atomic E-state index is 6.26. The third-order valence-corrected chi connectivity index (χ3v) is 4.51. The fourth-order valence-electron chi connectivity index (χ4n) is 2.97. The highest BCUT2D eigenvalue weighted by Crippen LogP contribution is 2.18. The van der Waals surface area contributed by atoms with Crippen LogP contribution in [0.5, 0.6) is 0 Å². The van der Waals surface area contributed by atoms with E-state index in [1.807, 2.05) is 18.2 Å². The fraction of sp³-hybridized carbons (Fsp3) is 0.625. The summed E-state index contributed by atoms with van der Waals surface area (Å²) in [5.41, 5.74) is 1.20. The molecule has 2 fully saturated rings. The molecular weight excluding hydrogens is 288 g/mol. The molecule has 0 aromatic heterocycles. The summed E-state index contributed by atoms with van der Waals surface area (Å²) < 4.78 is 11.3. The second-order valence-corrected chi connectivity index (χ2v) is 6.14. The predicted molar refractivity (Wildman–Crippen MR) is 83.7 cm³/mol. The molecule has 1 aromatic carbocycles. The average Bonchev–Trinajstić information content (AvgIpc) is 2.51. The molecule has 0 saturated carbocycles. The van der Waals surface area contributed by atoms with Gasteiger partial charge in [0.2, 0.25) is 0 Å². The Morgan fingerprint density at radius 2 is 1.81 bits per heavy atom. The molecule has 0 aliphatic carbocycles. The minimum Gasteiger partial charge on any atom is -0.379 e. The van der Waals surface area contributed by atoms with Crippen molar-refractivity contribution in [3.63, 3.8) is 0 Å². The van der Waals surface area contributed by atoms with Gasteiger partial charge in [0.05, 0.1) is 25.9 Å². The molecule has 0 bridgehead atoms. The normalized spacial score (nSPS) is 25.1. The number of morpholine rings is 2. The van der Waals surface area contributed by atoms with Crippen LogP contribution in [0.4, 0.5) is 0 Å². The molecule has 5 heteroatoms. The van der Waals surface area contributed by atoms with Crippen LogP contribution in [0, 0.1) is 0 Å². The van der Waals surface area contributed by atoms with Gasteiger partial charge in [-0.2, -0.15) is 0 Å². The molecular formula is C16H23ClN2O2. The standard InChI is InChI=1S/C16H23ClN2O2/c17-16-4-2-1-3-14(16)11-19-7-10-21-15(13-19)12-18-5-8-20-9-6-18/h1-4,15H,5-13H2. The van der Waals surface area contributed by atoms with E-state index in [1.165, 1.54) is 5.56 Å². The lowest BCUT2D eigenvalue weighted by Crippen LogP contribution is -2.49. The van der Waals surface area contributed by atoms with Gasteiger partial charge in [0.1, 0.15) is 0 Å². The average molecular weight is 311 g/mol. The highest BCUT2D eigenvalue weighted by molar-refractivity contribution is 6.31. The smallest absolute Gasteiger partial charge is 0.0829 e. The first-order chi connectivity index (χ1) is 10.3. The molecule has 1 atom stereocenters. The zero-order valence-electron chi connectivity index (χ0n) is 12.3. The van der Waals surface area contributed by atoms with Crippen molar-refractivity contribution in [3.8, 4) is 0 Å². The Morgan fingerprint density at radius 3 is 2.62 bits per heavy atom. The molecule has 21 heavy (non-hydrogen) atoms. The summed E-state index contributed by atoms with van der Waals surface area (Å²) >= 11 is 6.26. The third kappa shape index (κ3) is 4.41. The fourth-order valence-corrected chi connectivity index (χ4v) is 3.17. The first-order valence-electron chi connectivity index (χ1n) is 7.69. The molecule has 1 aromatic rings. The number of hydrogen-bond acceptors (Lipinski definition) is 4. The predicted octanol–water partition coefficient (Wildman–Crippen LogP) is 1.87. The van der Waals surface area contributed by atoms with Crippen molar-refractivity contribution in [2.24, 2.45) is 0 Å². The summed E-state index contributed by atoms with van der Waals surface area (Å²) in [4.78, 5) is 4.88. The van der Waals surface area contributed by atoms with E-state index in [2.05, 4.69) is 15.9 Å². The van der Waals surface area contributed by atoms with Gasteiger partial charge >= 0.3 is 0 Å². The summed E-state index contributed by atoms with van der Waals surface area (Å²) in [6.45, 7) is 8.39. The number of halogens is 1. The maximum atomic E-state index is 6.26. The van der Waals surface area contributed by atoms with Crippen LogP contribution >= 0.6 is 11.6 Å². The lowest BCUT2D eigenvalue weighted by Gasteiger charge is -2.36. The van der Waals surface area contributed by atoms with Crippen LogP contribution in [0.25, 0.3) is 0 Å². The van der Waals surface area contributed by atoms with Crippen molar-refractivity contribution < 1.29 is 9.47 Å². The van der Waals surface area contributed by atoms with E-state index in [0.717, 1.165) is 64.1 Å². The van der Waals surface area contributed by atoms with Crippen molar-refractivity contribution >= 4 is 11.6 Å². The van der Waals surface area contributed by atoms with E-state index in [-0.39, 0.29) is 0 Å². The number of ether oxygens (including phenoxy) is 2. The summed E-state index contributed by atoms with van der Waals surface area (Å²) in [5.74, 6) is 0. The van der Waals surface area contributed by atoms with E-state index in [4.69, 9.17) is 21.1 Å². The Balaban J connectivity index is 1.52. The maximum Gasteiger partial charge on any atom is 0.0829 e. The van der Waals surface area contributed by atoms with Crippen molar-refractivity contribution in [2.45, 2.75) is 12.6 Å². The second kappa shape index (κ2) is 7.56. The zero-order valence-corrected chi connectivity index (χ0v) is 13.1. The van der Waals surface area contributed by atoms with Crippen molar-refractivity contribution in [1.82, 2.24) is 9.80 Å². The molecule has 3 rings (SSSR count). The number of benzene rings is 1. The quantitative estimate of drug-likeness (QED) is 0.848. The van der Waals surface area contributed by atoms with Gasteiger partial charge in [-0.15, -0.1) is 0 Å². The Morgan fingerprint density at radius 1 is 1.05 bits per heavy atom. The van der Waals surface area contributed by atoms with Crippen molar-refractivity contribution in [3.05, 3.63) is 34.9 Å². The van der Waals surface area contributed by atoms with Crippen molar-refractivity contribution in [1.29, 1.82) is 0 Å². The van der Waals surface area contributed by atoms with Gasteiger partial charge in [-0.25, -0.2) is 0 Å². The summed E-state index contributed by atoms with van der Waals surface area (Å²) in [6, 6.07) is 8.09. The lowest BCUT2D eigenvalue weighted by molar-refractivity contribution is -0.0589. The van der Waals surface area contributed by atoms with Crippen LogP contribution in [0.3, 0.4) is 0 Å². The first kappa shape index (κ1) is 15.3. The Bertz CT molecular complexity index is 452. The van der Waals surface area contributed by atoms with Gasteiger partial charge in [0, 0.05) is 44.3 Å². The summed E-state index contributed by atoms with van der Waals surface area (Å²) in [7, 11) is 0. The van der Waals surface area contributed by atoms with E-state index >= 15 is 0 Å². The third-order valence-electron chi connectivity index (χ3n) is 4.14. The van der Waals surface area contributed by atoms with Crippen LogP contribution in [-0.2, 0) is 16.0 Å². The lowest BCUT2D eigenvalue weighted by atomic mass is 10.2. The number of nitrogens with zero attached hydrogens (tertiary/aromatic N) is 2. The van der Waals surface area contributed by atoms with Gasteiger partial charge in [-0.1, -0.05) is 29.8 Å². The molecule has 2 heterocycles. The second-order valence-electron chi connectivity index (χ2n) is 5.73. The number of hydrogen-bond donors (Lipinski definition) is 0. The summed E-state index contributed by atoms with van der Waals surface area (Å²) in [5, 5.41) is 0.855. The van der Waals surface area contributed by atoms with Crippen LogP contribution in [0.1, 0.15) is 5.56 Å². The Hall–Kier alpha value is -0.650. The zero-order chi connectivity index (χ0) is 14.5. The molecule has 4 nitrogen and oxygen atoms in total. The monoisotopic (exact) mass is 310 g/mol. The highest BCUT2D eigenvalue weighted by atomic mass is 35.5. The minimum atomic E-state index is 0.291. The molecule has 0 N–H and O–H groups in total. The van der Waals surface area contributed by atoms with E-state index in [1.54, 1.807) is 0 Å².